The molecule has 3 N–H and O–H groups in total. The topological polar surface area (TPSA) is 122 Å². The van der Waals surface area contributed by atoms with Crippen LogP contribution < -0.4 is 10.0 Å². The van der Waals surface area contributed by atoms with Crippen molar-refractivity contribution in [3.8, 4) is 0 Å². The highest BCUT2D eigenvalue weighted by atomic mass is 32.2. The van der Waals surface area contributed by atoms with Crippen LogP contribution in [0.3, 0.4) is 0 Å². The number of hydrogen-bond donors (Lipinski definition) is 3. The van der Waals surface area contributed by atoms with Crippen molar-refractivity contribution in [3.63, 3.8) is 0 Å². The van der Waals surface area contributed by atoms with E-state index in [0.717, 1.165) is 6.07 Å². The van der Waals surface area contributed by atoms with Gasteiger partial charge in [-0.3, -0.25) is 14.3 Å². The lowest BCUT2D eigenvalue weighted by Crippen LogP contribution is -2.53. The number of nitrogens with one attached hydrogen (secondary N) is 2. The molecular weight excluding hydrogens is 415 g/mol. The molecule has 1 amide bonds. The van der Waals surface area contributed by atoms with E-state index in [2.05, 4.69) is 10.0 Å². The minimum Gasteiger partial charge on any atom is -0.481 e. The molecular formula is C20H21FN2O6S. The van der Waals surface area contributed by atoms with Gasteiger partial charge in [0, 0.05) is 18.8 Å². The normalized spacial score (nSPS) is 15.9. The maximum absolute atomic E-state index is 13.7. The van der Waals surface area contributed by atoms with Gasteiger partial charge in [0.15, 0.2) is 0 Å². The van der Waals surface area contributed by atoms with Gasteiger partial charge in [-0.1, -0.05) is 12.1 Å². The fourth-order valence-corrected chi connectivity index (χ4v) is 4.31. The second-order valence-corrected chi connectivity index (χ2v) is 8.71. The summed E-state index contributed by atoms with van der Waals surface area (Å²) in [6, 6.07) is 10.5. The molecule has 0 aromatic heterocycles. The van der Waals surface area contributed by atoms with E-state index in [1.807, 2.05) is 0 Å². The van der Waals surface area contributed by atoms with Gasteiger partial charge in [-0.25, -0.2) is 12.8 Å². The van der Waals surface area contributed by atoms with E-state index < -0.39 is 33.3 Å². The molecule has 0 saturated carbocycles. The van der Waals surface area contributed by atoms with Gasteiger partial charge in [-0.05, 0) is 49.2 Å². The van der Waals surface area contributed by atoms with Crippen molar-refractivity contribution in [2.75, 3.05) is 17.9 Å². The van der Waals surface area contributed by atoms with Crippen molar-refractivity contribution in [1.29, 1.82) is 0 Å². The molecule has 2 aromatic carbocycles. The average Bonchev–Trinajstić information content (AvgIpc) is 2.69. The number of ether oxygens (including phenoxy) is 1. The van der Waals surface area contributed by atoms with Crippen LogP contribution in [0.5, 0.6) is 0 Å². The molecule has 0 radical (unpaired) electrons. The molecule has 0 atom stereocenters. The number of aliphatic carboxylic acids is 1. The molecule has 0 bridgehead atoms. The van der Waals surface area contributed by atoms with Crippen LogP contribution in [0, 0.1) is 5.82 Å². The van der Waals surface area contributed by atoms with Crippen LogP contribution >= 0.6 is 0 Å². The summed E-state index contributed by atoms with van der Waals surface area (Å²) in [5.41, 5.74) is -0.927. The summed E-state index contributed by atoms with van der Waals surface area (Å²) in [4.78, 5) is 23.7. The maximum atomic E-state index is 13.7. The maximum Gasteiger partial charge on any atom is 0.305 e. The zero-order valence-electron chi connectivity index (χ0n) is 15.9. The average molecular weight is 436 g/mol. The smallest absolute Gasteiger partial charge is 0.305 e. The van der Waals surface area contributed by atoms with Gasteiger partial charge >= 0.3 is 5.97 Å². The van der Waals surface area contributed by atoms with Gasteiger partial charge in [0.2, 0.25) is 0 Å². The number of sulfonamides is 1. The number of para-hydroxylation sites is 1. The number of anilines is 1. The third kappa shape index (κ3) is 5.14. The third-order valence-corrected chi connectivity index (χ3v) is 6.24. The van der Waals surface area contributed by atoms with E-state index in [-0.39, 0.29) is 22.6 Å². The van der Waals surface area contributed by atoms with Crippen LogP contribution in [0.4, 0.5) is 10.1 Å². The monoisotopic (exact) mass is 436 g/mol. The molecule has 0 spiro atoms. The standard InChI is InChI=1S/C20H21FN2O6S/c21-16-3-1-2-4-17(16)23-30(27,28)15-7-5-14(6-8-15)19(26)22-20(13-18(24)25)9-11-29-12-10-20/h1-8,23H,9-13H2,(H,22,26)(H,24,25). The van der Waals surface area contributed by atoms with E-state index in [9.17, 15) is 27.5 Å². The molecule has 1 aliphatic rings. The lowest BCUT2D eigenvalue weighted by Gasteiger charge is -2.36. The molecule has 8 nitrogen and oxygen atoms in total. The molecule has 10 heteroatoms. The zero-order chi connectivity index (χ0) is 21.8. The zero-order valence-corrected chi connectivity index (χ0v) is 16.7. The fourth-order valence-electron chi connectivity index (χ4n) is 3.24. The van der Waals surface area contributed by atoms with Crippen molar-refractivity contribution in [3.05, 3.63) is 59.9 Å². The van der Waals surface area contributed by atoms with Crippen LogP contribution in [0.15, 0.2) is 53.4 Å². The lowest BCUT2D eigenvalue weighted by atomic mass is 9.86. The predicted octanol–water partition coefficient (Wildman–Crippen LogP) is 2.38. The molecule has 30 heavy (non-hydrogen) atoms. The van der Waals surface area contributed by atoms with Crippen LogP contribution in [-0.4, -0.2) is 44.2 Å². The highest BCUT2D eigenvalue weighted by molar-refractivity contribution is 7.92. The Balaban J connectivity index is 1.75. The first-order chi connectivity index (χ1) is 14.2. The van der Waals surface area contributed by atoms with E-state index in [0.29, 0.717) is 26.1 Å². The fraction of sp³-hybridized carbons (Fsp3) is 0.300. The van der Waals surface area contributed by atoms with E-state index >= 15 is 0 Å². The Bertz CT molecular complexity index is 1030. The van der Waals surface area contributed by atoms with Crippen molar-refractivity contribution in [2.45, 2.75) is 29.7 Å². The number of amides is 1. The first-order valence-electron chi connectivity index (χ1n) is 9.20. The van der Waals surface area contributed by atoms with Gasteiger partial charge < -0.3 is 15.2 Å². The van der Waals surface area contributed by atoms with Gasteiger partial charge in [-0.2, -0.15) is 0 Å². The Kier molecular flexibility index (Phi) is 6.37. The van der Waals surface area contributed by atoms with Crippen LogP contribution in [-0.2, 0) is 19.6 Å². The Morgan fingerprint density at radius 3 is 2.30 bits per heavy atom. The summed E-state index contributed by atoms with van der Waals surface area (Å²) in [5, 5.41) is 12.0. The number of carbonyl (C=O) groups is 2. The Morgan fingerprint density at radius 2 is 1.70 bits per heavy atom. The number of halogens is 1. The number of carboxylic acids is 1. The first kappa shape index (κ1) is 21.7. The predicted molar refractivity (Wildman–Crippen MR) is 106 cm³/mol. The number of hydrogen-bond acceptors (Lipinski definition) is 5. The van der Waals surface area contributed by atoms with Crippen molar-refractivity contribution >= 4 is 27.6 Å². The summed E-state index contributed by atoms with van der Waals surface area (Å²) < 4.78 is 46.1. The second kappa shape index (κ2) is 8.80. The highest BCUT2D eigenvalue weighted by Crippen LogP contribution is 2.25. The van der Waals surface area contributed by atoms with Gasteiger partial charge in [0.25, 0.3) is 15.9 Å². The van der Waals surface area contributed by atoms with Gasteiger partial charge in [0.1, 0.15) is 5.82 Å². The van der Waals surface area contributed by atoms with Crippen LogP contribution in [0.2, 0.25) is 0 Å². The van der Waals surface area contributed by atoms with Crippen molar-refractivity contribution in [2.24, 2.45) is 0 Å². The molecule has 0 unspecified atom stereocenters. The van der Waals surface area contributed by atoms with Crippen LogP contribution in [0.25, 0.3) is 0 Å². The van der Waals surface area contributed by atoms with E-state index in [1.54, 1.807) is 0 Å². The Hall–Kier alpha value is -2.98. The molecule has 2 aromatic rings. The lowest BCUT2D eigenvalue weighted by molar-refractivity contribution is -0.139. The number of carbonyl (C=O) groups excluding carboxylic acids is 1. The minimum atomic E-state index is -4.05. The minimum absolute atomic E-state index is 0.145. The Labute approximate surface area is 173 Å². The first-order valence-corrected chi connectivity index (χ1v) is 10.7. The highest BCUT2D eigenvalue weighted by Gasteiger charge is 2.36. The molecule has 1 aliphatic heterocycles. The molecule has 1 fully saturated rings. The summed E-state index contributed by atoms with van der Waals surface area (Å²) in [7, 11) is -4.05. The SMILES string of the molecule is O=C(O)CC1(NC(=O)c2ccc(S(=O)(=O)Nc3ccccc3F)cc2)CCOCC1. The second-order valence-electron chi connectivity index (χ2n) is 7.03. The molecule has 1 heterocycles. The summed E-state index contributed by atoms with van der Waals surface area (Å²) in [6.45, 7) is 0.679. The Morgan fingerprint density at radius 1 is 1.07 bits per heavy atom. The van der Waals surface area contributed by atoms with Crippen LogP contribution in [0.1, 0.15) is 29.6 Å². The third-order valence-electron chi connectivity index (χ3n) is 4.86. The quantitative estimate of drug-likeness (QED) is 0.613. The van der Waals surface area contributed by atoms with Crippen molar-refractivity contribution in [1.82, 2.24) is 5.32 Å². The number of rotatable bonds is 7. The summed E-state index contributed by atoms with van der Waals surface area (Å²) >= 11 is 0. The molecule has 3 rings (SSSR count). The largest absolute Gasteiger partial charge is 0.481 e. The van der Waals surface area contributed by atoms with E-state index in [1.165, 1.54) is 42.5 Å². The number of benzene rings is 2. The van der Waals surface area contributed by atoms with Crippen molar-refractivity contribution < 1.29 is 32.2 Å². The molecule has 160 valence electrons. The van der Waals surface area contributed by atoms with Gasteiger partial charge in [0.05, 0.1) is 22.5 Å². The van der Waals surface area contributed by atoms with E-state index in [4.69, 9.17) is 4.74 Å². The number of carboxylic acid groups (broad SMARTS) is 1. The summed E-state index contributed by atoms with van der Waals surface area (Å²) in [5.74, 6) is -2.25. The molecule has 0 aliphatic carbocycles. The summed E-state index contributed by atoms with van der Waals surface area (Å²) in [6.07, 6.45) is 0.495. The molecule has 1 saturated heterocycles. The van der Waals surface area contributed by atoms with Gasteiger partial charge in [-0.15, -0.1) is 0 Å².